The van der Waals surface area contributed by atoms with E-state index >= 15 is 0 Å². The molecule has 1 aromatic carbocycles. The first-order chi connectivity index (χ1) is 14.2. The number of carbonyl (C=O) groups excluding carboxylic acids is 1. The number of likely N-dealkylation sites (tertiary alicyclic amines) is 1. The number of carbonyl (C=O) groups is 1. The average Bonchev–Trinajstić information content (AvgIpc) is 3.18. The predicted octanol–water partition coefficient (Wildman–Crippen LogP) is 5.49. The Labute approximate surface area is 179 Å². The number of amides is 1. The number of anilines is 1. The van der Waals surface area contributed by atoms with Gasteiger partial charge in [-0.3, -0.25) is 4.90 Å². The van der Waals surface area contributed by atoms with Gasteiger partial charge in [-0.2, -0.15) is 0 Å². The standard InChI is InChI=1S/C25H35FN2O2/c1-24(2,3)30-23(29)28-16-25(21-15-19(26)6-7-22(21)28)8-10-27(11-9-25)20-13-17-4-5-18(12-17)14-20/h6-7,15,17-18,20H,4-5,8-14,16H2,1-3H3. The van der Waals surface area contributed by atoms with E-state index in [-0.39, 0.29) is 17.3 Å². The summed E-state index contributed by atoms with van der Waals surface area (Å²) in [5.41, 5.74) is 1.13. The molecule has 5 heteroatoms. The van der Waals surface area contributed by atoms with Crippen molar-refractivity contribution in [1.82, 2.24) is 4.90 Å². The molecule has 0 N–H and O–H groups in total. The highest BCUT2D eigenvalue weighted by Crippen LogP contribution is 2.49. The van der Waals surface area contributed by atoms with E-state index in [0.717, 1.165) is 55.1 Å². The normalized spacial score (nSPS) is 30.5. The molecule has 164 valence electrons. The van der Waals surface area contributed by atoms with Crippen molar-refractivity contribution in [3.63, 3.8) is 0 Å². The van der Waals surface area contributed by atoms with Crippen LogP contribution in [0.5, 0.6) is 0 Å². The van der Waals surface area contributed by atoms with Crippen molar-refractivity contribution in [1.29, 1.82) is 0 Å². The molecule has 30 heavy (non-hydrogen) atoms. The topological polar surface area (TPSA) is 32.8 Å². The summed E-state index contributed by atoms with van der Waals surface area (Å²) in [6.45, 7) is 8.35. The van der Waals surface area contributed by atoms with E-state index in [9.17, 15) is 9.18 Å². The van der Waals surface area contributed by atoms with Crippen LogP contribution in [0.3, 0.4) is 0 Å². The molecule has 2 unspecified atom stereocenters. The van der Waals surface area contributed by atoms with E-state index in [1.54, 1.807) is 17.0 Å². The Balaban J connectivity index is 1.34. The molecule has 2 saturated carbocycles. The van der Waals surface area contributed by atoms with Gasteiger partial charge >= 0.3 is 6.09 Å². The third-order valence-electron chi connectivity index (χ3n) is 8.03. The first kappa shape index (κ1) is 20.3. The van der Waals surface area contributed by atoms with Gasteiger partial charge in [-0.05, 0) is 102 Å². The van der Waals surface area contributed by atoms with Crippen molar-refractivity contribution >= 4 is 11.8 Å². The van der Waals surface area contributed by atoms with Crippen molar-refractivity contribution in [3.05, 3.63) is 29.6 Å². The van der Waals surface area contributed by atoms with Gasteiger partial charge in [0.15, 0.2) is 0 Å². The Morgan fingerprint density at radius 2 is 1.77 bits per heavy atom. The molecule has 2 heterocycles. The highest BCUT2D eigenvalue weighted by molar-refractivity contribution is 5.91. The van der Waals surface area contributed by atoms with Gasteiger partial charge in [-0.1, -0.05) is 12.8 Å². The van der Waals surface area contributed by atoms with Crippen LogP contribution < -0.4 is 4.90 Å². The van der Waals surface area contributed by atoms with Gasteiger partial charge in [0.1, 0.15) is 11.4 Å². The monoisotopic (exact) mass is 414 g/mol. The van der Waals surface area contributed by atoms with Crippen LogP contribution in [0.2, 0.25) is 0 Å². The fourth-order valence-electron chi connectivity index (χ4n) is 6.64. The minimum absolute atomic E-state index is 0.154. The number of rotatable bonds is 1. The molecule has 3 fully saturated rings. The summed E-state index contributed by atoms with van der Waals surface area (Å²) >= 11 is 0. The quantitative estimate of drug-likeness (QED) is 0.609. The third-order valence-corrected chi connectivity index (χ3v) is 8.03. The fourth-order valence-corrected chi connectivity index (χ4v) is 6.64. The van der Waals surface area contributed by atoms with Gasteiger partial charge in [0.2, 0.25) is 0 Å². The van der Waals surface area contributed by atoms with Crippen LogP contribution in [-0.4, -0.2) is 42.3 Å². The molecule has 2 atom stereocenters. The van der Waals surface area contributed by atoms with E-state index in [2.05, 4.69) is 4.90 Å². The van der Waals surface area contributed by atoms with Gasteiger partial charge < -0.3 is 9.64 Å². The maximum atomic E-state index is 14.2. The van der Waals surface area contributed by atoms with Gasteiger partial charge in [-0.25, -0.2) is 9.18 Å². The molecule has 4 aliphatic rings. The number of piperidine rings is 1. The van der Waals surface area contributed by atoms with E-state index in [1.807, 2.05) is 20.8 Å². The number of halogens is 1. The molecular weight excluding hydrogens is 379 g/mol. The Bertz CT molecular complexity index is 813. The molecule has 2 aliphatic carbocycles. The van der Waals surface area contributed by atoms with Crippen LogP contribution in [0.1, 0.15) is 71.3 Å². The molecule has 2 bridgehead atoms. The molecule has 1 aromatic rings. The number of fused-ring (bicyclic) bond motifs is 4. The molecule has 4 nitrogen and oxygen atoms in total. The number of ether oxygens (including phenoxy) is 1. The second-order valence-corrected chi connectivity index (χ2v) is 11.2. The number of hydrogen-bond donors (Lipinski definition) is 0. The molecule has 0 radical (unpaired) electrons. The Morgan fingerprint density at radius 1 is 1.10 bits per heavy atom. The summed E-state index contributed by atoms with van der Waals surface area (Å²) < 4.78 is 19.9. The minimum Gasteiger partial charge on any atom is -0.443 e. The van der Waals surface area contributed by atoms with E-state index in [0.29, 0.717) is 6.54 Å². The van der Waals surface area contributed by atoms with Gasteiger partial charge in [0.25, 0.3) is 0 Å². The Hall–Kier alpha value is -1.62. The van der Waals surface area contributed by atoms with Crippen molar-refractivity contribution < 1.29 is 13.9 Å². The summed E-state index contributed by atoms with van der Waals surface area (Å²) in [4.78, 5) is 17.4. The average molecular weight is 415 g/mol. The number of hydrogen-bond acceptors (Lipinski definition) is 3. The van der Waals surface area contributed by atoms with E-state index < -0.39 is 5.60 Å². The minimum atomic E-state index is -0.545. The van der Waals surface area contributed by atoms with Crippen LogP contribution in [0, 0.1) is 17.7 Å². The number of benzene rings is 1. The first-order valence-corrected chi connectivity index (χ1v) is 11.8. The summed E-state index contributed by atoms with van der Waals surface area (Å²) in [6, 6.07) is 5.61. The smallest absolute Gasteiger partial charge is 0.414 e. The van der Waals surface area contributed by atoms with E-state index in [4.69, 9.17) is 4.74 Å². The highest BCUT2D eigenvalue weighted by atomic mass is 19.1. The summed E-state index contributed by atoms with van der Waals surface area (Å²) in [6.07, 6.45) is 8.66. The summed E-state index contributed by atoms with van der Waals surface area (Å²) in [7, 11) is 0. The zero-order valence-corrected chi connectivity index (χ0v) is 18.6. The van der Waals surface area contributed by atoms with Gasteiger partial charge in [0, 0.05) is 18.0 Å². The number of nitrogens with zero attached hydrogens (tertiary/aromatic N) is 2. The van der Waals surface area contributed by atoms with Gasteiger partial charge in [-0.15, -0.1) is 0 Å². The Morgan fingerprint density at radius 3 is 2.40 bits per heavy atom. The second kappa shape index (κ2) is 7.22. The zero-order chi connectivity index (χ0) is 21.1. The first-order valence-electron chi connectivity index (χ1n) is 11.8. The van der Waals surface area contributed by atoms with Crippen molar-refractivity contribution in [3.8, 4) is 0 Å². The lowest BCUT2D eigenvalue weighted by Gasteiger charge is -2.45. The van der Waals surface area contributed by atoms with Crippen molar-refractivity contribution in [2.75, 3.05) is 24.5 Å². The van der Waals surface area contributed by atoms with Gasteiger partial charge in [0.05, 0.1) is 5.69 Å². The van der Waals surface area contributed by atoms with Crippen LogP contribution in [0.15, 0.2) is 18.2 Å². The van der Waals surface area contributed by atoms with Crippen LogP contribution in [-0.2, 0) is 10.2 Å². The van der Waals surface area contributed by atoms with Crippen molar-refractivity contribution in [2.45, 2.75) is 82.8 Å². The molecular formula is C25H35FN2O2. The molecule has 1 spiro atoms. The molecule has 0 aromatic heterocycles. The van der Waals surface area contributed by atoms with Crippen molar-refractivity contribution in [2.24, 2.45) is 11.8 Å². The lowest BCUT2D eigenvalue weighted by molar-refractivity contribution is 0.0552. The lowest BCUT2D eigenvalue weighted by atomic mass is 9.73. The van der Waals surface area contributed by atoms with Crippen LogP contribution >= 0.6 is 0 Å². The highest BCUT2D eigenvalue weighted by Gasteiger charge is 2.48. The van der Waals surface area contributed by atoms with Crippen LogP contribution in [0.25, 0.3) is 0 Å². The maximum absolute atomic E-state index is 14.2. The summed E-state index contributed by atoms with van der Waals surface area (Å²) in [5.74, 6) is 1.66. The molecule has 5 rings (SSSR count). The lowest BCUT2D eigenvalue weighted by Crippen LogP contribution is -2.50. The maximum Gasteiger partial charge on any atom is 0.414 e. The van der Waals surface area contributed by atoms with Crippen LogP contribution in [0.4, 0.5) is 14.9 Å². The largest absolute Gasteiger partial charge is 0.443 e. The Kier molecular flexibility index (Phi) is 4.88. The zero-order valence-electron chi connectivity index (χ0n) is 18.6. The third kappa shape index (κ3) is 3.63. The second-order valence-electron chi connectivity index (χ2n) is 11.2. The predicted molar refractivity (Wildman–Crippen MR) is 116 cm³/mol. The SMILES string of the molecule is CC(C)(C)OC(=O)N1CC2(CCN(C3CC4CCC(C4)C3)CC2)c2cc(F)ccc21. The molecule has 1 amide bonds. The molecule has 1 saturated heterocycles. The molecule has 2 aliphatic heterocycles. The van der Waals surface area contributed by atoms with E-state index in [1.165, 1.54) is 38.2 Å². The summed E-state index contributed by atoms with van der Waals surface area (Å²) in [5, 5.41) is 0. The fraction of sp³-hybridized carbons (Fsp3) is 0.720.